The smallest absolute Gasteiger partial charge is 0.248 e. The number of carbonyl (C=O) groups is 1. The van der Waals surface area contributed by atoms with Crippen LogP contribution < -0.4 is 11.5 Å². The molecule has 0 aliphatic heterocycles. The highest BCUT2D eigenvalue weighted by Crippen LogP contribution is 2.23. The van der Waals surface area contributed by atoms with Crippen molar-refractivity contribution in [3.63, 3.8) is 0 Å². The molecule has 4 N–H and O–H groups in total. The van der Waals surface area contributed by atoms with Crippen molar-refractivity contribution >= 4 is 34.0 Å². The van der Waals surface area contributed by atoms with E-state index in [2.05, 4.69) is 0 Å². The van der Waals surface area contributed by atoms with Crippen LogP contribution in [0.1, 0.15) is 15.9 Å². The molecule has 0 aliphatic carbocycles. The molecule has 0 fully saturated rings. The van der Waals surface area contributed by atoms with Gasteiger partial charge in [0, 0.05) is 21.2 Å². The van der Waals surface area contributed by atoms with Gasteiger partial charge in [-0.25, -0.2) is 4.39 Å². The normalized spacial score (nSPS) is 12.1. The Balaban J connectivity index is 2.25. The Bertz CT molecular complexity index is 717. The summed E-state index contributed by atoms with van der Waals surface area (Å²) in [6.07, 6.45) is 0. The van der Waals surface area contributed by atoms with Gasteiger partial charge < -0.3 is 11.5 Å². The van der Waals surface area contributed by atoms with E-state index >= 15 is 0 Å². The molecule has 0 heterocycles. The van der Waals surface area contributed by atoms with E-state index in [1.54, 1.807) is 6.07 Å². The monoisotopic (exact) mass is 326 g/mol. The molecule has 0 saturated carbocycles. The third-order valence-corrected chi connectivity index (χ3v) is 4.47. The van der Waals surface area contributed by atoms with Crippen LogP contribution in [0, 0.1) is 5.82 Å². The molecule has 4 nitrogen and oxygen atoms in total. The zero-order valence-corrected chi connectivity index (χ0v) is 12.4. The summed E-state index contributed by atoms with van der Waals surface area (Å²) >= 11 is 6.03. The first-order valence-corrected chi connectivity index (χ1v) is 7.59. The Labute approximate surface area is 128 Å². The van der Waals surface area contributed by atoms with Crippen molar-refractivity contribution in [1.82, 2.24) is 0 Å². The van der Waals surface area contributed by atoms with Gasteiger partial charge in [-0.1, -0.05) is 17.7 Å². The number of halogens is 2. The number of nitrogens with two attached hydrogens (primary N) is 2. The van der Waals surface area contributed by atoms with E-state index in [1.807, 2.05) is 0 Å². The van der Waals surface area contributed by atoms with E-state index in [4.69, 9.17) is 23.1 Å². The summed E-state index contributed by atoms with van der Waals surface area (Å²) < 4.78 is 25.5. The summed E-state index contributed by atoms with van der Waals surface area (Å²) in [4.78, 5) is 11.3. The van der Waals surface area contributed by atoms with Gasteiger partial charge in [-0.2, -0.15) is 0 Å². The summed E-state index contributed by atoms with van der Waals surface area (Å²) in [6.45, 7) is 0. The van der Waals surface area contributed by atoms with Gasteiger partial charge in [0.15, 0.2) is 0 Å². The average Bonchev–Trinajstić information content (AvgIpc) is 2.39. The Morgan fingerprint density at radius 1 is 1.24 bits per heavy atom. The van der Waals surface area contributed by atoms with Crippen LogP contribution in [0.2, 0.25) is 5.02 Å². The van der Waals surface area contributed by atoms with Gasteiger partial charge in [-0.15, -0.1) is 0 Å². The number of nitrogen functional groups attached to an aromatic ring is 1. The standard InChI is InChI=1S/C14H12ClFN2O2S/c15-13-3-8(14(18)19)1-2-9(13)7-21(20)12-5-10(16)4-11(17)6-12/h1-6H,7,17H2,(H2,18,19). The average molecular weight is 327 g/mol. The number of carbonyl (C=O) groups excluding carboxylic acids is 1. The molecule has 1 atom stereocenters. The summed E-state index contributed by atoms with van der Waals surface area (Å²) in [7, 11) is -1.50. The van der Waals surface area contributed by atoms with Crippen LogP contribution in [0.15, 0.2) is 41.3 Å². The van der Waals surface area contributed by atoms with E-state index in [0.29, 0.717) is 5.56 Å². The molecule has 2 aromatic carbocycles. The molecule has 0 aliphatic rings. The maximum absolute atomic E-state index is 13.3. The van der Waals surface area contributed by atoms with Gasteiger partial charge in [0.2, 0.25) is 5.91 Å². The maximum atomic E-state index is 13.3. The van der Waals surface area contributed by atoms with E-state index in [0.717, 1.165) is 12.1 Å². The number of anilines is 1. The van der Waals surface area contributed by atoms with Crippen molar-refractivity contribution in [2.24, 2.45) is 5.73 Å². The van der Waals surface area contributed by atoms with Crippen LogP contribution in [0.25, 0.3) is 0 Å². The second kappa shape index (κ2) is 6.24. The SMILES string of the molecule is NC(=O)c1ccc(CS(=O)c2cc(N)cc(F)c2)c(Cl)c1. The van der Waals surface area contributed by atoms with Gasteiger partial charge >= 0.3 is 0 Å². The van der Waals surface area contributed by atoms with Crippen LogP contribution in [-0.2, 0) is 16.6 Å². The highest BCUT2D eigenvalue weighted by Gasteiger charge is 2.12. The molecule has 1 unspecified atom stereocenters. The van der Waals surface area contributed by atoms with E-state index in [9.17, 15) is 13.4 Å². The molecule has 21 heavy (non-hydrogen) atoms. The summed E-state index contributed by atoms with van der Waals surface area (Å²) in [6, 6.07) is 8.25. The van der Waals surface area contributed by atoms with Crippen LogP contribution in [0.4, 0.5) is 10.1 Å². The second-order valence-electron chi connectivity index (χ2n) is 4.38. The second-order valence-corrected chi connectivity index (χ2v) is 6.24. The summed E-state index contributed by atoms with van der Waals surface area (Å²) in [5.74, 6) is -1.06. The lowest BCUT2D eigenvalue weighted by atomic mass is 10.1. The molecule has 0 bridgehead atoms. The predicted molar refractivity (Wildman–Crippen MR) is 80.9 cm³/mol. The van der Waals surface area contributed by atoms with Gasteiger partial charge in [-0.05, 0) is 35.9 Å². The van der Waals surface area contributed by atoms with Crippen molar-refractivity contribution in [1.29, 1.82) is 0 Å². The number of hydrogen-bond donors (Lipinski definition) is 2. The van der Waals surface area contributed by atoms with E-state index in [1.165, 1.54) is 18.2 Å². The Morgan fingerprint density at radius 2 is 1.95 bits per heavy atom. The van der Waals surface area contributed by atoms with Crippen LogP contribution in [0.3, 0.4) is 0 Å². The number of primary amides is 1. The first kappa shape index (κ1) is 15.5. The zero-order chi connectivity index (χ0) is 15.6. The van der Waals surface area contributed by atoms with E-state index < -0.39 is 22.5 Å². The van der Waals surface area contributed by atoms with Crippen molar-refractivity contribution in [3.8, 4) is 0 Å². The van der Waals surface area contributed by atoms with E-state index in [-0.39, 0.29) is 26.9 Å². The molecule has 0 saturated heterocycles. The minimum atomic E-state index is -1.50. The molecule has 110 valence electrons. The maximum Gasteiger partial charge on any atom is 0.248 e. The predicted octanol–water partition coefficient (Wildman–Crippen LogP) is 2.47. The largest absolute Gasteiger partial charge is 0.399 e. The van der Waals surface area contributed by atoms with Gasteiger partial charge in [0.1, 0.15) is 5.82 Å². The lowest BCUT2D eigenvalue weighted by Gasteiger charge is -2.07. The molecule has 0 aromatic heterocycles. The minimum Gasteiger partial charge on any atom is -0.399 e. The summed E-state index contributed by atoms with van der Waals surface area (Å²) in [5, 5.41) is 0.282. The lowest BCUT2D eigenvalue weighted by Crippen LogP contribution is -2.11. The number of benzene rings is 2. The molecule has 2 aromatic rings. The number of rotatable bonds is 4. The quantitative estimate of drug-likeness (QED) is 0.846. The van der Waals surface area contributed by atoms with Gasteiger partial charge in [0.05, 0.1) is 16.6 Å². The zero-order valence-electron chi connectivity index (χ0n) is 10.8. The Kier molecular flexibility index (Phi) is 4.59. The topological polar surface area (TPSA) is 86.2 Å². The first-order chi connectivity index (χ1) is 9.86. The third kappa shape index (κ3) is 3.80. The van der Waals surface area contributed by atoms with Crippen molar-refractivity contribution in [3.05, 3.63) is 58.4 Å². The van der Waals surface area contributed by atoms with Crippen molar-refractivity contribution < 1.29 is 13.4 Å². The third-order valence-electron chi connectivity index (χ3n) is 2.78. The summed E-state index contributed by atoms with van der Waals surface area (Å²) in [5.41, 5.74) is 11.7. The van der Waals surface area contributed by atoms with Crippen molar-refractivity contribution in [2.75, 3.05) is 5.73 Å². The molecule has 0 radical (unpaired) electrons. The van der Waals surface area contributed by atoms with Crippen LogP contribution in [-0.4, -0.2) is 10.1 Å². The van der Waals surface area contributed by atoms with Crippen molar-refractivity contribution in [2.45, 2.75) is 10.6 Å². The lowest BCUT2D eigenvalue weighted by molar-refractivity contribution is 0.100. The molecular weight excluding hydrogens is 315 g/mol. The first-order valence-electron chi connectivity index (χ1n) is 5.89. The number of amides is 1. The molecule has 1 amide bonds. The minimum absolute atomic E-state index is 0.0841. The molecule has 2 rings (SSSR count). The highest BCUT2D eigenvalue weighted by atomic mass is 35.5. The van der Waals surface area contributed by atoms with Crippen LogP contribution >= 0.6 is 11.6 Å². The van der Waals surface area contributed by atoms with Gasteiger partial charge in [0.25, 0.3) is 0 Å². The van der Waals surface area contributed by atoms with Gasteiger partial charge in [-0.3, -0.25) is 9.00 Å². The Hall–Kier alpha value is -1.92. The number of hydrogen-bond acceptors (Lipinski definition) is 3. The fraction of sp³-hybridized carbons (Fsp3) is 0.0714. The molecule has 7 heteroatoms. The van der Waals surface area contributed by atoms with Crippen LogP contribution in [0.5, 0.6) is 0 Å². The molecule has 0 spiro atoms. The highest BCUT2D eigenvalue weighted by molar-refractivity contribution is 7.84. The molecular formula is C14H12ClFN2O2S. The fourth-order valence-electron chi connectivity index (χ4n) is 1.76. The fourth-order valence-corrected chi connectivity index (χ4v) is 3.30. The Morgan fingerprint density at radius 3 is 2.52 bits per heavy atom.